The molecule has 0 rings (SSSR count). The van der Waals surface area contributed by atoms with Gasteiger partial charge in [0.2, 0.25) is 0 Å². The number of rotatable bonds is 9. The van der Waals surface area contributed by atoms with Gasteiger partial charge in [-0.25, -0.2) is 0 Å². The van der Waals surface area contributed by atoms with Gasteiger partial charge in [0.25, 0.3) is 0 Å². The van der Waals surface area contributed by atoms with Gasteiger partial charge in [0.05, 0.1) is 6.07 Å². The minimum Gasteiger partial charge on any atom is -0.462 e. The molecule has 0 bridgehead atoms. The molecule has 0 N–H and O–H groups in total. The van der Waals surface area contributed by atoms with Gasteiger partial charge < -0.3 is 23.7 Å². The van der Waals surface area contributed by atoms with E-state index in [1.165, 1.54) is 21.1 Å². The Morgan fingerprint density at radius 3 is 1.83 bits per heavy atom. The summed E-state index contributed by atoms with van der Waals surface area (Å²) in [6, 6.07) is 1.84. The number of carbonyl (C=O) groups is 3. The fraction of sp³-hybridized carbons (Fsp3) is 0.714. The number of nitrogens with zero attached hydrogens (tertiary/aromatic N) is 1. The molecule has 130 valence electrons. The van der Waals surface area contributed by atoms with Gasteiger partial charge in [0.1, 0.15) is 12.7 Å². The average Bonchev–Trinajstić information content (AvgIpc) is 2.46. The van der Waals surface area contributed by atoms with Gasteiger partial charge >= 0.3 is 17.9 Å². The van der Waals surface area contributed by atoms with Crippen LogP contribution in [0.15, 0.2) is 0 Å². The van der Waals surface area contributed by atoms with Gasteiger partial charge in [-0.15, -0.1) is 0 Å². The molecule has 9 heteroatoms. The summed E-state index contributed by atoms with van der Waals surface area (Å²) in [5.41, 5.74) is 0. The first-order valence-corrected chi connectivity index (χ1v) is 6.69. The summed E-state index contributed by atoms with van der Waals surface area (Å²) < 4.78 is 25.1. The van der Waals surface area contributed by atoms with E-state index < -0.39 is 42.3 Å². The van der Waals surface area contributed by atoms with Crippen LogP contribution < -0.4 is 0 Å². The van der Waals surface area contributed by atoms with Crippen LogP contribution in [-0.4, -0.2) is 63.2 Å². The van der Waals surface area contributed by atoms with Crippen molar-refractivity contribution in [2.75, 3.05) is 20.8 Å². The summed E-state index contributed by atoms with van der Waals surface area (Å²) >= 11 is 0. The van der Waals surface area contributed by atoms with Crippen molar-refractivity contribution >= 4 is 17.9 Å². The zero-order valence-electron chi connectivity index (χ0n) is 13.7. The van der Waals surface area contributed by atoms with E-state index in [1.807, 2.05) is 6.07 Å². The van der Waals surface area contributed by atoms with Gasteiger partial charge in [0.15, 0.2) is 18.3 Å². The van der Waals surface area contributed by atoms with E-state index in [2.05, 4.69) is 0 Å². The van der Waals surface area contributed by atoms with Gasteiger partial charge in [-0.3, -0.25) is 14.4 Å². The molecule has 0 heterocycles. The molecule has 0 aliphatic rings. The summed E-state index contributed by atoms with van der Waals surface area (Å²) in [5, 5.41) is 9.10. The van der Waals surface area contributed by atoms with Crippen LogP contribution in [-0.2, 0) is 38.1 Å². The third kappa shape index (κ3) is 7.58. The normalized spacial score (nSPS) is 15.5. The van der Waals surface area contributed by atoms with Gasteiger partial charge in [-0.1, -0.05) is 0 Å². The second kappa shape index (κ2) is 10.5. The predicted octanol–water partition coefficient (Wildman–Crippen LogP) is -0.0335. The van der Waals surface area contributed by atoms with Gasteiger partial charge in [-0.2, -0.15) is 5.26 Å². The van der Waals surface area contributed by atoms with Crippen molar-refractivity contribution in [2.45, 2.75) is 45.2 Å². The summed E-state index contributed by atoms with van der Waals surface area (Å²) in [6.07, 6.45) is -4.52. The quantitative estimate of drug-likeness (QED) is 0.423. The lowest BCUT2D eigenvalue weighted by atomic mass is 10.0. The van der Waals surface area contributed by atoms with E-state index in [0.717, 1.165) is 13.8 Å². The topological polar surface area (TPSA) is 121 Å². The zero-order valence-corrected chi connectivity index (χ0v) is 13.7. The van der Waals surface area contributed by atoms with Crippen LogP contribution in [0.25, 0.3) is 0 Å². The first-order valence-electron chi connectivity index (χ1n) is 6.69. The lowest BCUT2D eigenvalue weighted by Crippen LogP contribution is -2.51. The molecule has 23 heavy (non-hydrogen) atoms. The first-order chi connectivity index (χ1) is 10.8. The van der Waals surface area contributed by atoms with Gasteiger partial charge in [0, 0.05) is 35.0 Å². The Kier molecular flexibility index (Phi) is 9.53. The van der Waals surface area contributed by atoms with E-state index in [9.17, 15) is 14.4 Å². The summed E-state index contributed by atoms with van der Waals surface area (Å²) in [7, 11) is 2.55. The largest absolute Gasteiger partial charge is 0.462 e. The molecule has 0 unspecified atom stereocenters. The maximum absolute atomic E-state index is 11.4. The Bertz CT molecular complexity index is 458. The number of esters is 3. The summed E-state index contributed by atoms with van der Waals surface area (Å²) in [5.74, 6) is -1.98. The van der Waals surface area contributed by atoms with Crippen molar-refractivity contribution in [2.24, 2.45) is 0 Å². The van der Waals surface area contributed by atoms with E-state index >= 15 is 0 Å². The Hall–Kier alpha value is -2.18. The van der Waals surface area contributed by atoms with Crippen molar-refractivity contribution in [1.29, 1.82) is 5.26 Å². The molecule has 0 aromatic carbocycles. The van der Waals surface area contributed by atoms with Crippen LogP contribution >= 0.6 is 0 Å². The minimum atomic E-state index is -1.20. The first kappa shape index (κ1) is 20.8. The molecule has 0 amide bonds. The molecule has 9 nitrogen and oxygen atoms in total. The number of ether oxygens (including phenoxy) is 5. The van der Waals surface area contributed by atoms with Crippen molar-refractivity contribution in [3.8, 4) is 6.07 Å². The molecule has 0 aromatic heterocycles. The molecule has 0 spiro atoms. The third-order valence-corrected chi connectivity index (χ3v) is 2.71. The lowest BCUT2D eigenvalue weighted by molar-refractivity contribution is -0.190. The van der Waals surface area contributed by atoms with Crippen LogP contribution in [0, 0.1) is 11.3 Å². The molecule has 0 aliphatic carbocycles. The summed E-state index contributed by atoms with van der Waals surface area (Å²) in [6.45, 7) is 3.09. The standard InChI is InChI=1S/C14H21NO8/c1-8(16)21-7-12(22-9(2)17)14(23-10(3)18)13(20-5)11(6-15)19-4/h11-14H,7H2,1-5H3/t11-,12-,13-,14-/m1/s1. The number of nitriles is 1. The Labute approximate surface area is 134 Å². The van der Waals surface area contributed by atoms with Gasteiger partial charge in [-0.05, 0) is 0 Å². The highest BCUT2D eigenvalue weighted by molar-refractivity contribution is 5.68. The highest BCUT2D eigenvalue weighted by Crippen LogP contribution is 2.18. The third-order valence-electron chi connectivity index (χ3n) is 2.71. The van der Waals surface area contributed by atoms with Crippen LogP contribution in [0.3, 0.4) is 0 Å². The van der Waals surface area contributed by atoms with Crippen LogP contribution in [0.4, 0.5) is 0 Å². The molecule has 0 saturated carbocycles. The summed E-state index contributed by atoms with van der Waals surface area (Å²) in [4.78, 5) is 33.6. The molecule has 0 fully saturated rings. The number of hydrogen-bond acceptors (Lipinski definition) is 9. The van der Waals surface area contributed by atoms with Crippen molar-refractivity contribution < 1.29 is 38.1 Å². The van der Waals surface area contributed by atoms with Crippen molar-refractivity contribution in [3.63, 3.8) is 0 Å². The van der Waals surface area contributed by atoms with E-state index in [-0.39, 0.29) is 6.61 Å². The smallest absolute Gasteiger partial charge is 0.303 e. The monoisotopic (exact) mass is 331 g/mol. The molecular weight excluding hydrogens is 310 g/mol. The second-order valence-corrected chi connectivity index (χ2v) is 4.51. The minimum absolute atomic E-state index is 0.366. The van der Waals surface area contributed by atoms with E-state index in [4.69, 9.17) is 28.9 Å². The van der Waals surface area contributed by atoms with E-state index in [1.54, 1.807) is 0 Å². The highest BCUT2D eigenvalue weighted by atomic mass is 16.6. The maximum atomic E-state index is 11.4. The molecule has 0 aliphatic heterocycles. The predicted molar refractivity (Wildman–Crippen MR) is 74.9 cm³/mol. The number of methoxy groups -OCH3 is 2. The average molecular weight is 331 g/mol. The second-order valence-electron chi connectivity index (χ2n) is 4.51. The maximum Gasteiger partial charge on any atom is 0.303 e. The fourth-order valence-electron chi connectivity index (χ4n) is 1.85. The number of hydrogen-bond donors (Lipinski definition) is 0. The fourth-order valence-corrected chi connectivity index (χ4v) is 1.85. The number of carbonyl (C=O) groups excluding carboxylic acids is 3. The van der Waals surface area contributed by atoms with E-state index in [0.29, 0.717) is 0 Å². The molecule has 0 radical (unpaired) electrons. The van der Waals surface area contributed by atoms with Crippen LogP contribution in [0.2, 0.25) is 0 Å². The lowest BCUT2D eigenvalue weighted by Gasteiger charge is -2.32. The van der Waals surface area contributed by atoms with Crippen LogP contribution in [0.1, 0.15) is 20.8 Å². The molecule has 4 atom stereocenters. The Balaban J connectivity index is 5.53. The van der Waals surface area contributed by atoms with Crippen molar-refractivity contribution in [1.82, 2.24) is 0 Å². The molecule has 0 aromatic rings. The highest BCUT2D eigenvalue weighted by Gasteiger charge is 2.40. The SMILES string of the molecule is CO[C@@H]([C@H](OC(C)=O)[C@@H](COC(C)=O)OC(C)=O)[C@@H](C#N)OC. The van der Waals surface area contributed by atoms with Crippen LogP contribution in [0.5, 0.6) is 0 Å². The molecular formula is C14H21NO8. The molecule has 0 saturated heterocycles. The Morgan fingerprint density at radius 2 is 1.48 bits per heavy atom. The van der Waals surface area contributed by atoms with Crippen molar-refractivity contribution in [3.05, 3.63) is 0 Å². The Morgan fingerprint density at radius 1 is 0.913 bits per heavy atom. The zero-order chi connectivity index (χ0) is 18.0.